The maximum Gasteiger partial charge on any atom is 0.0791 e. The van der Waals surface area contributed by atoms with Crippen molar-refractivity contribution in [1.82, 2.24) is 9.78 Å². The highest BCUT2D eigenvalue weighted by atomic mass is 16.5. The monoisotopic (exact) mass is 223 g/mol. The van der Waals surface area contributed by atoms with E-state index >= 15 is 0 Å². The molecule has 4 heteroatoms. The molecule has 0 radical (unpaired) electrons. The van der Waals surface area contributed by atoms with Gasteiger partial charge in [0.05, 0.1) is 11.8 Å². The fraction of sp³-hybridized carbons (Fsp3) is 0.750. The largest absolute Gasteiger partial charge is 0.378 e. The van der Waals surface area contributed by atoms with Crippen molar-refractivity contribution in [2.75, 3.05) is 6.61 Å². The van der Waals surface area contributed by atoms with E-state index in [4.69, 9.17) is 10.5 Å². The van der Waals surface area contributed by atoms with E-state index in [1.807, 2.05) is 26.2 Å². The molecule has 2 rings (SSSR count). The Morgan fingerprint density at radius 3 is 2.94 bits per heavy atom. The zero-order valence-electron chi connectivity index (χ0n) is 10.1. The summed E-state index contributed by atoms with van der Waals surface area (Å²) in [6.45, 7) is 2.87. The zero-order valence-corrected chi connectivity index (χ0v) is 10.1. The van der Waals surface area contributed by atoms with Gasteiger partial charge in [-0.3, -0.25) is 4.68 Å². The van der Waals surface area contributed by atoms with Gasteiger partial charge in [-0.1, -0.05) is 0 Å². The molecule has 1 aliphatic rings. The number of nitrogens with zero attached hydrogens (tertiary/aromatic N) is 2. The number of ether oxygens (including phenoxy) is 1. The molecule has 0 amide bonds. The van der Waals surface area contributed by atoms with Crippen LogP contribution in [0, 0.1) is 5.92 Å². The van der Waals surface area contributed by atoms with E-state index in [1.165, 1.54) is 0 Å². The second-order valence-corrected chi connectivity index (χ2v) is 4.67. The van der Waals surface area contributed by atoms with Gasteiger partial charge in [0.25, 0.3) is 0 Å². The van der Waals surface area contributed by atoms with Crippen LogP contribution in [-0.2, 0) is 11.8 Å². The van der Waals surface area contributed by atoms with Gasteiger partial charge in [0.2, 0.25) is 0 Å². The highest BCUT2D eigenvalue weighted by Crippen LogP contribution is 2.35. The summed E-state index contributed by atoms with van der Waals surface area (Å²) in [6.07, 6.45) is 5.77. The molecular weight excluding hydrogens is 202 g/mol. The lowest BCUT2D eigenvalue weighted by Gasteiger charge is -2.36. The summed E-state index contributed by atoms with van der Waals surface area (Å²) in [5, 5.41) is 4.34. The summed E-state index contributed by atoms with van der Waals surface area (Å²) < 4.78 is 7.34. The van der Waals surface area contributed by atoms with Gasteiger partial charge >= 0.3 is 0 Å². The molecule has 1 aromatic heterocycles. The van der Waals surface area contributed by atoms with Crippen LogP contribution in [0.5, 0.6) is 0 Å². The van der Waals surface area contributed by atoms with Crippen LogP contribution in [-0.4, -0.2) is 22.5 Å². The molecule has 16 heavy (non-hydrogen) atoms. The second kappa shape index (κ2) is 4.97. The lowest BCUT2D eigenvalue weighted by molar-refractivity contribution is -0.0283. The molecule has 1 aromatic rings. The molecule has 1 saturated carbocycles. The zero-order chi connectivity index (χ0) is 11.5. The van der Waals surface area contributed by atoms with Crippen LogP contribution in [0.15, 0.2) is 12.3 Å². The average molecular weight is 223 g/mol. The smallest absolute Gasteiger partial charge is 0.0791 e. The first-order valence-corrected chi connectivity index (χ1v) is 6.05. The number of aromatic nitrogens is 2. The van der Waals surface area contributed by atoms with Crippen molar-refractivity contribution in [2.45, 2.75) is 38.3 Å². The first-order valence-electron chi connectivity index (χ1n) is 6.05. The minimum absolute atomic E-state index is 0.0776. The van der Waals surface area contributed by atoms with Crippen LogP contribution in [0.4, 0.5) is 0 Å². The van der Waals surface area contributed by atoms with Crippen LogP contribution >= 0.6 is 0 Å². The molecule has 1 atom stereocenters. The van der Waals surface area contributed by atoms with Gasteiger partial charge < -0.3 is 10.5 Å². The molecule has 1 fully saturated rings. The van der Waals surface area contributed by atoms with Crippen molar-refractivity contribution in [2.24, 2.45) is 18.7 Å². The Hall–Kier alpha value is -0.870. The third kappa shape index (κ3) is 2.62. The van der Waals surface area contributed by atoms with E-state index in [0.29, 0.717) is 12.0 Å². The van der Waals surface area contributed by atoms with Crippen molar-refractivity contribution < 1.29 is 4.74 Å². The molecular formula is C12H21N3O. The molecule has 0 spiro atoms. The highest BCUT2D eigenvalue weighted by molar-refractivity contribution is 5.05. The molecule has 1 heterocycles. The molecule has 90 valence electrons. The number of hydrogen-bond donors (Lipinski definition) is 1. The summed E-state index contributed by atoms with van der Waals surface area (Å²) in [6, 6.07) is 2.08. The van der Waals surface area contributed by atoms with Gasteiger partial charge in [-0.05, 0) is 38.2 Å². The first-order chi connectivity index (χ1) is 7.69. The van der Waals surface area contributed by atoms with E-state index < -0.39 is 0 Å². The topological polar surface area (TPSA) is 53.1 Å². The lowest BCUT2D eigenvalue weighted by Crippen LogP contribution is -2.33. The van der Waals surface area contributed by atoms with Gasteiger partial charge in [-0.2, -0.15) is 5.10 Å². The summed E-state index contributed by atoms with van der Waals surface area (Å²) >= 11 is 0. The fourth-order valence-electron chi connectivity index (χ4n) is 2.35. The number of aryl methyl sites for hydroxylation is 1. The quantitative estimate of drug-likeness (QED) is 0.825. The van der Waals surface area contributed by atoms with E-state index in [2.05, 4.69) is 5.10 Å². The van der Waals surface area contributed by atoms with Gasteiger partial charge in [-0.15, -0.1) is 0 Å². The fourth-order valence-corrected chi connectivity index (χ4v) is 2.35. The van der Waals surface area contributed by atoms with Crippen molar-refractivity contribution in [1.29, 1.82) is 0 Å². The van der Waals surface area contributed by atoms with Crippen LogP contribution in [0.2, 0.25) is 0 Å². The standard InChI is InChI=1S/C12H21N3O/c1-3-16-10-6-9(7-10)8-11(13)12-4-5-15(2)14-12/h4-5,9-11H,3,6-8,13H2,1-2H3. The van der Waals surface area contributed by atoms with E-state index in [1.54, 1.807) is 4.68 Å². The third-order valence-corrected chi connectivity index (χ3v) is 3.30. The van der Waals surface area contributed by atoms with E-state index in [0.717, 1.165) is 31.6 Å². The molecule has 0 bridgehead atoms. The Morgan fingerprint density at radius 1 is 1.62 bits per heavy atom. The molecule has 1 unspecified atom stereocenters. The van der Waals surface area contributed by atoms with Crippen LogP contribution in [0.3, 0.4) is 0 Å². The summed E-state index contributed by atoms with van der Waals surface area (Å²) in [7, 11) is 1.92. The molecule has 4 nitrogen and oxygen atoms in total. The minimum Gasteiger partial charge on any atom is -0.378 e. The average Bonchev–Trinajstić information content (AvgIpc) is 2.61. The minimum atomic E-state index is 0.0776. The highest BCUT2D eigenvalue weighted by Gasteiger charge is 2.31. The molecule has 0 aromatic carbocycles. The molecule has 0 aliphatic heterocycles. The molecule has 1 aliphatic carbocycles. The van der Waals surface area contributed by atoms with E-state index in [-0.39, 0.29) is 6.04 Å². The van der Waals surface area contributed by atoms with E-state index in [9.17, 15) is 0 Å². The Morgan fingerprint density at radius 2 is 2.38 bits per heavy atom. The first kappa shape index (κ1) is 11.6. The number of nitrogens with two attached hydrogens (primary N) is 1. The Kier molecular flexibility index (Phi) is 3.61. The number of hydrogen-bond acceptors (Lipinski definition) is 3. The predicted octanol–water partition coefficient (Wildman–Crippen LogP) is 1.63. The van der Waals surface area contributed by atoms with Crippen LogP contribution < -0.4 is 5.73 Å². The summed E-state index contributed by atoms with van der Waals surface area (Å²) in [4.78, 5) is 0. The van der Waals surface area contributed by atoms with Crippen LogP contribution in [0.1, 0.15) is 37.9 Å². The maximum absolute atomic E-state index is 6.12. The van der Waals surface area contributed by atoms with Gasteiger partial charge in [0, 0.05) is 25.9 Å². The Labute approximate surface area is 96.8 Å². The van der Waals surface area contributed by atoms with Gasteiger partial charge in [-0.25, -0.2) is 0 Å². The Balaban J connectivity index is 1.75. The lowest BCUT2D eigenvalue weighted by atomic mass is 9.78. The van der Waals surface area contributed by atoms with Crippen LogP contribution in [0.25, 0.3) is 0 Å². The van der Waals surface area contributed by atoms with Crippen molar-refractivity contribution in [3.8, 4) is 0 Å². The normalized spacial score (nSPS) is 26.4. The van der Waals surface area contributed by atoms with Crippen molar-refractivity contribution >= 4 is 0 Å². The Bertz CT molecular complexity index is 331. The maximum atomic E-state index is 6.12. The summed E-state index contributed by atoms with van der Waals surface area (Å²) in [5.74, 6) is 0.716. The van der Waals surface area contributed by atoms with Gasteiger partial charge in [0.15, 0.2) is 0 Å². The third-order valence-electron chi connectivity index (χ3n) is 3.30. The number of rotatable bonds is 5. The summed E-state index contributed by atoms with van der Waals surface area (Å²) in [5.41, 5.74) is 7.12. The van der Waals surface area contributed by atoms with Gasteiger partial charge in [0.1, 0.15) is 0 Å². The van der Waals surface area contributed by atoms with Crippen molar-refractivity contribution in [3.63, 3.8) is 0 Å². The molecule has 2 N–H and O–H groups in total. The van der Waals surface area contributed by atoms with Crippen molar-refractivity contribution in [3.05, 3.63) is 18.0 Å². The predicted molar refractivity (Wildman–Crippen MR) is 62.9 cm³/mol. The second-order valence-electron chi connectivity index (χ2n) is 4.67. The molecule has 0 saturated heterocycles. The SMILES string of the molecule is CCOC1CC(CC(N)c2ccn(C)n2)C1.